The van der Waals surface area contributed by atoms with Crippen LogP contribution in [0.2, 0.25) is 0 Å². The van der Waals surface area contributed by atoms with Gasteiger partial charge in [0.25, 0.3) is 0 Å². The summed E-state index contributed by atoms with van der Waals surface area (Å²) in [5.74, 6) is 1.60. The van der Waals surface area contributed by atoms with Crippen molar-refractivity contribution in [1.29, 1.82) is 0 Å². The van der Waals surface area contributed by atoms with E-state index in [4.69, 9.17) is 0 Å². The smallest absolute Gasteiger partial charge is 0.223 e. The zero-order valence-corrected chi connectivity index (χ0v) is 11.6. The summed E-state index contributed by atoms with van der Waals surface area (Å²) in [4.78, 5) is 9.85. The maximum Gasteiger partial charge on any atom is 0.223 e. The summed E-state index contributed by atoms with van der Waals surface area (Å²) in [7, 11) is 5.84. The molecule has 0 unspecified atom stereocenters. The maximum atomic E-state index is 4.59. The number of hydrogen-bond donors (Lipinski definition) is 1. The van der Waals surface area contributed by atoms with Crippen molar-refractivity contribution in [1.82, 2.24) is 19.7 Å². The molecule has 1 aromatic carbocycles. The minimum absolute atomic E-state index is 0.753. The van der Waals surface area contributed by atoms with E-state index in [9.17, 15) is 0 Å². The minimum Gasteiger partial charge on any atom is -0.360 e. The van der Waals surface area contributed by atoms with Gasteiger partial charge in [-0.3, -0.25) is 0 Å². The van der Waals surface area contributed by atoms with Crippen molar-refractivity contribution in [3.63, 3.8) is 0 Å². The molecule has 0 saturated heterocycles. The van der Waals surface area contributed by atoms with E-state index in [0.29, 0.717) is 0 Å². The summed E-state index contributed by atoms with van der Waals surface area (Å²) in [6, 6.07) is 6.25. The molecule has 0 aliphatic rings. The fourth-order valence-electron chi connectivity index (χ4n) is 2.37. The molecule has 2 heterocycles. The third-order valence-corrected chi connectivity index (χ3v) is 3.30. The van der Waals surface area contributed by atoms with Crippen molar-refractivity contribution in [3.8, 4) is 11.4 Å². The van der Waals surface area contributed by atoms with Gasteiger partial charge < -0.3 is 9.88 Å². The van der Waals surface area contributed by atoms with Gasteiger partial charge in [0.05, 0.1) is 0 Å². The first kappa shape index (κ1) is 11.8. The van der Waals surface area contributed by atoms with Crippen molar-refractivity contribution in [2.45, 2.75) is 6.92 Å². The molecular formula is C14H17N5. The second kappa shape index (κ2) is 4.12. The fraction of sp³-hybridized carbons (Fsp3) is 0.286. The number of anilines is 1. The third-order valence-electron chi connectivity index (χ3n) is 3.30. The van der Waals surface area contributed by atoms with Gasteiger partial charge >= 0.3 is 0 Å². The average Bonchev–Trinajstić information content (AvgIpc) is 2.93. The molecule has 5 nitrogen and oxygen atoms in total. The first-order valence-corrected chi connectivity index (χ1v) is 6.23. The molecule has 98 valence electrons. The van der Waals surface area contributed by atoms with Crippen LogP contribution < -0.4 is 4.90 Å². The molecule has 2 aromatic heterocycles. The number of nitrogens with one attached hydrogen (secondary N) is 1. The third kappa shape index (κ3) is 1.78. The molecule has 0 amide bonds. The van der Waals surface area contributed by atoms with Crippen molar-refractivity contribution < 1.29 is 0 Å². The number of aromatic nitrogens is 4. The Morgan fingerprint density at radius 1 is 1.26 bits per heavy atom. The van der Waals surface area contributed by atoms with Gasteiger partial charge in [0.2, 0.25) is 5.95 Å². The molecule has 0 aliphatic carbocycles. The lowest BCUT2D eigenvalue weighted by Gasteiger charge is -2.08. The summed E-state index contributed by atoms with van der Waals surface area (Å²) in [5, 5.41) is 5.66. The quantitative estimate of drug-likeness (QED) is 0.764. The molecule has 0 saturated carbocycles. The van der Waals surface area contributed by atoms with Gasteiger partial charge in [0, 0.05) is 43.8 Å². The Bertz CT molecular complexity index is 735. The Morgan fingerprint density at radius 2 is 2.05 bits per heavy atom. The molecule has 5 heteroatoms. The van der Waals surface area contributed by atoms with Crippen LogP contribution in [0.1, 0.15) is 5.56 Å². The predicted octanol–water partition coefficient (Wildman–Crippen LogP) is 2.34. The Kier molecular flexibility index (Phi) is 2.55. The number of nitrogens with zero attached hydrogens (tertiary/aromatic N) is 4. The van der Waals surface area contributed by atoms with Crippen molar-refractivity contribution >= 4 is 16.9 Å². The number of hydrogen-bond acceptors (Lipinski definition) is 3. The Balaban J connectivity index is 2.20. The molecule has 0 spiro atoms. The summed E-state index contributed by atoms with van der Waals surface area (Å²) in [6.45, 7) is 2.10. The lowest BCUT2D eigenvalue weighted by Crippen LogP contribution is -2.14. The topological polar surface area (TPSA) is 49.7 Å². The second-order valence-corrected chi connectivity index (χ2v) is 4.95. The van der Waals surface area contributed by atoms with Gasteiger partial charge in [0.15, 0.2) is 5.82 Å². The average molecular weight is 255 g/mol. The molecule has 19 heavy (non-hydrogen) atoms. The van der Waals surface area contributed by atoms with Crippen LogP contribution in [0.25, 0.3) is 22.3 Å². The Labute approximate surface area is 111 Å². The number of benzene rings is 1. The maximum absolute atomic E-state index is 4.59. The summed E-state index contributed by atoms with van der Waals surface area (Å²) >= 11 is 0. The zero-order valence-electron chi connectivity index (χ0n) is 11.6. The molecule has 0 aliphatic heterocycles. The first-order chi connectivity index (χ1) is 9.08. The molecule has 0 radical (unpaired) electrons. The lowest BCUT2D eigenvalue weighted by atomic mass is 10.1. The number of rotatable bonds is 2. The zero-order chi connectivity index (χ0) is 13.6. The van der Waals surface area contributed by atoms with E-state index in [1.54, 1.807) is 4.68 Å². The lowest BCUT2D eigenvalue weighted by molar-refractivity contribution is 0.753. The number of aromatic amines is 1. The Morgan fingerprint density at radius 3 is 2.74 bits per heavy atom. The molecule has 0 bridgehead atoms. The van der Waals surface area contributed by atoms with Gasteiger partial charge in [-0.2, -0.15) is 4.98 Å². The van der Waals surface area contributed by atoms with E-state index in [1.807, 2.05) is 32.2 Å². The van der Waals surface area contributed by atoms with E-state index >= 15 is 0 Å². The SMILES string of the molecule is Cc1cccc2c(-c3nc(N(C)C)n(C)n3)c[nH]c12. The monoisotopic (exact) mass is 255 g/mol. The van der Waals surface area contributed by atoms with Crippen molar-refractivity contribution in [2.24, 2.45) is 7.05 Å². The van der Waals surface area contributed by atoms with E-state index in [1.165, 1.54) is 5.56 Å². The van der Waals surface area contributed by atoms with Crippen LogP contribution in [0.4, 0.5) is 5.95 Å². The summed E-state index contributed by atoms with van der Waals surface area (Å²) in [5.41, 5.74) is 3.42. The van der Waals surface area contributed by atoms with Crippen LogP contribution in [0, 0.1) is 6.92 Å². The van der Waals surface area contributed by atoms with Gasteiger partial charge in [-0.05, 0) is 12.5 Å². The summed E-state index contributed by atoms with van der Waals surface area (Å²) in [6.07, 6.45) is 1.98. The first-order valence-electron chi connectivity index (χ1n) is 6.23. The van der Waals surface area contributed by atoms with Crippen LogP contribution in [0.5, 0.6) is 0 Å². The van der Waals surface area contributed by atoms with Crippen molar-refractivity contribution in [3.05, 3.63) is 30.0 Å². The molecule has 1 N–H and O–H groups in total. The highest BCUT2D eigenvalue weighted by atomic mass is 15.4. The number of H-pyrrole nitrogens is 1. The highest BCUT2D eigenvalue weighted by Gasteiger charge is 2.14. The molecule has 0 atom stereocenters. The largest absolute Gasteiger partial charge is 0.360 e. The van der Waals surface area contributed by atoms with E-state index in [-0.39, 0.29) is 0 Å². The van der Waals surface area contributed by atoms with Crippen LogP contribution in [-0.2, 0) is 7.05 Å². The van der Waals surface area contributed by atoms with Gasteiger partial charge in [0.1, 0.15) is 0 Å². The second-order valence-electron chi connectivity index (χ2n) is 4.95. The predicted molar refractivity (Wildman–Crippen MR) is 77.4 cm³/mol. The summed E-state index contributed by atoms with van der Waals surface area (Å²) < 4.78 is 1.80. The van der Waals surface area contributed by atoms with Gasteiger partial charge in [-0.1, -0.05) is 18.2 Å². The Hall–Kier alpha value is -2.30. The number of para-hydroxylation sites is 1. The van der Waals surface area contributed by atoms with Crippen LogP contribution >= 0.6 is 0 Å². The molecular weight excluding hydrogens is 238 g/mol. The van der Waals surface area contributed by atoms with Crippen LogP contribution in [0.3, 0.4) is 0 Å². The molecule has 3 aromatic rings. The van der Waals surface area contributed by atoms with Gasteiger partial charge in [-0.25, -0.2) is 4.68 Å². The highest BCUT2D eigenvalue weighted by molar-refractivity contribution is 5.95. The van der Waals surface area contributed by atoms with Crippen LogP contribution in [-0.4, -0.2) is 33.8 Å². The minimum atomic E-state index is 0.753. The fourth-order valence-corrected chi connectivity index (χ4v) is 2.37. The number of fused-ring (bicyclic) bond motifs is 1. The standard InChI is InChI=1S/C14H17N5/c1-9-6-5-7-10-11(8-15-12(9)10)13-16-14(18(2)3)19(4)17-13/h5-8,15H,1-4H3. The normalized spacial score (nSPS) is 11.2. The highest BCUT2D eigenvalue weighted by Crippen LogP contribution is 2.28. The van der Waals surface area contributed by atoms with E-state index < -0.39 is 0 Å². The van der Waals surface area contributed by atoms with Gasteiger partial charge in [-0.15, -0.1) is 5.10 Å². The van der Waals surface area contributed by atoms with Crippen molar-refractivity contribution in [2.75, 3.05) is 19.0 Å². The number of aryl methyl sites for hydroxylation is 2. The van der Waals surface area contributed by atoms with Crippen LogP contribution in [0.15, 0.2) is 24.4 Å². The molecule has 3 rings (SSSR count). The van der Waals surface area contributed by atoms with E-state index in [2.05, 4.69) is 40.2 Å². The van der Waals surface area contributed by atoms with E-state index in [0.717, 1.165) is 28.2 Å². The molecule has 0 fully saturated rings.